The maximum atomic E-state index is 10.9. The molecule has 0 heterocycles. The van der Waals surface area contributed by atoms with Crippen LogP contribution in [0.3, 0.4) is 0 Å². The Morgan fingerprint density at radius 1 is 1.23 bits per heavy atom. The van der Waals surface area contributed by atoms with Gasteiger partial charge in [-0.15, -0.1) is 0 Å². The second kappa shape index (κ2) is 3.56. The molecule has 0 bridgehead atoms. The Labute approximate surface area is 92.1 Å². The summed E-state index contributed by atoms with van der Waals surface area (Å²) >= 11 is 5.98. The summed E-state index contributed by atoms with van der Waals surface area (Å²) in [5, 5.41) is 14.2. The molecule has 0 spiro atoms. The molecular formula is C6H5Br2NO3S. The molecule has 1 aromatic rings. The van der Waals surface area contributed by atoms with Crippen LogP contribution in [0.1, 0.15) is 0 Å². The monoisotopic (exact) mass is 329 g/mol. The number of aromatic hydroxyl groups is 1. The van der Waals surface area contributed by atoms with E-state index in [2.05, 4.69) is 31.9 Å². The fraction of sp³-hybridized carbons (Fsp3) is 0. The van der Waals surface area contributed by atoms with Gasteiger partial charge in [0.1, 0.15) is 5.75 Å². The SMILES string of the molecule is NS(=O)(=O)c1cc(Br)c(O)c(Br)c1. The fourth-order valence-electron chi connectivity index (χ4n) is 0.707. The molecule has 0 radical (unpaired) electrons. The highest BCUT2D eigenvalue weighted by Crippen LogP contribution is 2.34. The van der Waals surface area contributed by atoms with Gasteiger partial charge in [0, 0.05) is 0 Å². The smallest absolute Gasteiger partial charge is 0.238 e. The molecule has 0 unspecified atom stereocenters. The van der Waals surface area contributed by atoms with Crippen molar-refractivity contribution in [3.8, 4) is 5.75 Å². The zero-order chi connectivity index (χ0) is 10.2. The molecule has 0 amide bonds. The molecule has 7 heteroatoms. The lowest BCUT2D eigenvalue weighted by Crippen LogP contribution is -2.12. The minimum Gasteiger partial charge on any atom is -0.506 e. The summed E-state index contributed by atoms with van der Waals surface area (Å²) in [7, 11) is -3.74. The van der Waals surface area contributed by atoms with Crippen LogP contribution in [0.15, 0.2) is 26.0 Å². The maximum absolute atomic E-state index is 10.9. The van der Waals surface area contributed by atoms with E-state index in [4.69, 9.17) is 5.14 Å². The van der Waals surface area contributed by atoms with Crippen molar-refractivity contribution >= 4 is 41.9 Å². The number of sulfonamides is 1. The van der Waals surface area contributed by atoms with Crippen LogP contribution in [0.4, 0.5) is 0 Å². The third-order valence-corrected chi connectivity index (χ3v) is 3.42. The molecule has 0 aromatic heterocycles. The van der Waals surface area contributed by atoms with Crippen molar-refractivity contribution in [2.75, 3.05) is 0 Å². The van der Waals surface area contributed by atoms with E-state index < -0.39 is 10.0 Å². The average molecular weight is 331 g/mol. The molecule has 0 aliphatic carbocycles. The van der Waals surface area contributed by atoms with Crippen LogP contribution >= 0.6 is 31.9 Å². The van der Waals surface area contributed by atoms with Gasteiger partial charge in [-0.1, -0.05) is 0 Å². The number of hydrogen-bond acceptors (Lipinski definition) is 3. The summed E-state index contributed by atoms with van der Waals surface area (Å²) in [5.41, 5.74) is 0. The van der Waals surface area contributed by atoms with Crippen LogP contribution in [0.5, 0.6) is 5.75 Å². The van der Waals surface area contributed by atoms with Crippen molar-refractivity contribution in [3.05, 3.63) is 21.1 Å². The van der Waals surface area contributed by atoms with Crippen LogP contribution in [-0.2, 0) is 10.0 Å². The molecular weight excluding hydrogens is 326 g/mol. The predicted octanol–water partition coefficient (Wildman–Crippen LogP) is 1.56. The third kappa shape index (κ3) is 2.43. The number of benzene rings is 1. The Bertz CT molecular complexity index is 420. The van der Waals surface area contributed by atoms with Crippen LogP contribution in [0, 0.1) is 0 Å². The first-order chi connectivity index (χ1) is 5.82. The van der Waals surface area contributed by atoms with Gasteiger partial charge in [-0.25, -0.2) is 13.6 Å². The van der Waals surface area contributed by atoms with Gasteiger partial charge in [0.05, 0.1) is 13.8 Å². The van der Waals surface area contributed by atoms with Gasteiger partial charge in [0.2, 0.25) is 10.0 Å². The van der Waals surface area contributed by atoms with Gasteiger partial charge in [-0.05, 0) is 44.0 Å². The lowest BCUT2D eigenvalue weighted by molar-refractivity contribution is 0.468. The van der Waals surface area contributed by atoms with E-state index >= 15 is 0 Å². The van der Waals surface area contributed by atoms with Crippen molar-refractivity contribution in [3.63, 3.8) is 0 Å². The van der Waals surface area contributed by atoms with Crippen LogP contribution in [-0.4, -0.2) is 13.5 Å². The first-order valence-electron chi connectivity index (χ1n) is 3.03. The highest BCUT2D eigenvalue weighted by molar-refractivity contribution is 9.11. The normalized spacial score (nSPS) is 11.6. The summed E-state index contributed by atoms with van der Waals surface area (Å²) in [6, 6.07) is 2.46. The Hall–Kier alpha value is -0.110. The molecule has 0 atom stereocenters. The van der Waals surface area contributed by atoms with Gasteiger partial charge in [0.25, 0.3) is 0 Å². The molecule has 13 heavy (non-hydrogen) atoms. The van der Waals surface area contributed by atoms with Crippen molar-refractivity contribution in [2.24, 2.45) is 5.14 Å². The van der Waals surface area contributed by atoms with E-state index in [9.17, 15) is 13.5 Å². The van der Waals surface area contributed by atoms with Crippen molar-refractivity contribution < 1.29 is 13.5 Å². The molecule has 72 valence electrons. The standard InChI is InChI=1S/C6H5Br2NO3S/c7-4-1-3(13(9,11)12)2-5(8)6(4)10/h1-2,10H,(H2,9,11,12). The topological polar surface area (TPSA) is 80.4 Å². The minimum absolute atomic E-state index is 0.0626. The Morgan fingerprint density at radius 2 is 1.62 bits per heavy atom. The Balaban J connectivity index is 3.47. The lowest BCUT2D eigenvalue weighted by Gasteiger charge is -2.03. The summed E-state index contributed by atoms with van der Waals surface area (Å²) in [4.78, 5) is -0.0657. The number of primary sulfonamides is 1. The van der Waals surface area contributed by atoms with E-state index in [-0.39, 0.29) is 19.6 Å². The zero-order valence-electron chi connectivity index (χ0n) is 6.16. The Morgan fingerprint density at radius 3 is 1.92 bits per heavy atom. The van der Waals surface area contributed by atoms with Gasteiger partial charge in [-0.2, -0.15) is 0 Å². The molecule has 1 aromatic carbocycles. The van der Waals surface area contributed by atoms with E-state index in [0.717, 1.165) is 0 Å². The number of phenolic OH excluding ortho intramolecular Hbond substituents is 1. The molecule has 4 nitrogen and oxygen atoms in total. The summed E-state index contributed by atoms with van der Waals surface area (Å²) in [6.45, 7) is 0. The van der Waals surface area contributed by atoms with Crippen molar-refractivity contribution in [1.29, 1.82) is 0 Å². The summed E-state index contributed by atoms with van der Waals surface area (Å²) in [6.07, 6.45) is 0. The largest absolute Gasteiger partial charge is 0.506 e. The van der Waals surface area contributed by atoms with Gasteiger partial charge in [-0.3, -0.25) is 0 Å². The highest BCUT2D eigenvalue weighted by atomic mass is 79.9. The van der Waals surface area contributed by atoms with Gasteiger partial charge in [0.15, 0.2) is 0 Å². The van der Waals surface area contributed by atoms with Gasteiger partial charge < -0.3 is 5.11 Å². The summed E-state index contributed by atoms with van der Waals surface area (Å²) in [5.74, 6) is -0.0626. The van der Waals surface area contributed by atoms with Crippen LogP contribution in [0.2, 0.25) is 0 Å². The number of nitrogens with two attached hydrogens (primary N) is 1. The van der Waals surface area contributed by atoms with E-state index in [1.165, 1.54) is 12.1 Å². The third-order valence-electron chi connectivity index (χ3n) is 1.32. The van der Waals surface area contributed by atoms with Crippen LogP contribution in [0.25, 0.3) is 0 Å². The number of halogens is 2. The number of phenols is 1. The molecule has 0 saturated carbocycles. The first kappa shape index (κ1) is 11.0. The Kier molecular flexibility index (Phi) is 3.01. The highest BCUT2D eigenvalue weighted by Gasteiger charge is 2.13. The molecule has 0 aliphatic rings. The lowest BCUT2D eigenvalue weighted by atomic mass is 10.3. The number of hydrogen-bond donors (Lipinski definition) is 2. The molecule has 0 saturated heterocycles. The fourth-order valence-corrected chi connectivity index (χ4v) is 2.76. The zero-order valence-corrected chi connectivity index (χ0v) is 10.1. The van der Waals surface area contributed by atoms with E-state index in [1.54, 1.807) is 0 Å². The van der Waals surface area contributed by atoms with Crippen molar-refractivity contribution in [1.82, 2.24) is 0 Å². The van der Waals surface area contributed by atoms with Gasteiger partial charge >= 0.3 is 0 Å². The molecule has 1 rings (SSSR count). The molecule has 0 fully saturated rings. The number of rotatable bonds is 1. The average Bonchev–Trinajstić information content (AvgIpc) is 1.97. The van der Waals surface area contributed by atoms with E-state index in [1.807, 2.05) is 0 Å². The minimum atomic E-state index is -3.74. The molecule has 3 N–H and O–H groups in total. The second-order valence-corrected chi connectivity index (χ2v) is 5.55. The maximum Gasteiger partial charge on any atom is 0.238 e. The van der Waals surface area contributed by atoms with Crippen molar-refractivity contribution in [2.45, 2.75) is 4.90 Å². The molecule has 0 aliphatic heterocycles. The summed E-state index contributed by atoms with van der Waals surface area (Å²) < 4.78 is 22.3. The predicted molar refractivity (Wildman–Crippen MR) is 54.9 cm³/mol. The first-order valence-corrected chi connectivity index (χ1v) is 6.16. The van der Waals surface area contributed by atoms with E-state index in [0.29, 0.717) is 0 Å². The second-order valence-electron chi connectivity index (χ2n) is 2.28. The van der Waals surface area contributed by atoms with Crippen LogP contribution < -0.4 is 5.14 Å². The quantitative estimate of drug-likeness (QED) is 0.820.